The topological polar surface area (TPSA) is 65.7 Å². The quantitative estimate of drug-likeness (QED) is 0.555. The Morgan fingerprint density at radius 2 is 2.00 bits per heavy atom. The molecule has 1 heterocycles. The molecule has 0 aliphatic heterocycles. The minimum Gasteiger partial charge on any atom is -0.466 e. The average Bonchev–Trinajstić information content (AvgIpc) is 2.73. The predicted molar refractivity (Wildman–Crippen MR) is 51.1 cm³/mol. The van der Waals surface area contributed by atoms with Gasteiger partial charge in [0, 0.05) is 6.08 Å². The smallest absolute Gasteiger partial charge is 0.373 e. The van der Waals surface area contributed by atoms with Gasteiger partial charge in [0.2, 0.25) is 5.76 Å². The van der Waals surface area contributed by atoms with Crippen LogP contribution in [0.3, 0.4) is 0 Å². The molecule has 0 aliphatic carbocycles. The van der Waals surface area contributed by atoms with Crippen molar-refractivity contribution >= 4 is 18.0 Å². The Bertz CT molecular complexity index is 388. The Labute approximate surface area is 86.3 Å². The lowest BCUT2D eigenvalue weighted by Gasteiger charge is -1.92. The van der Waals surface area contributed by atoms with Crippen LogP contribution in [-0.4, -0.2) is 26.2 Å². The van der Waals surface area contributed by atoms with Crippen molar-refractivity contribution in [1.29, 1.82) is 0 Å². The van der Waals surface area contributed by atoms with Crippen LogP contribution in [0.15, 0.2) is 22.6 Å². The van der Waals surface area contributed by atoms with Crippen molar-refractivity contribution in [2.75, 3.05) is 14.2 Å². The van der Waals surface area contributed by atoms with Crippen LogP contribution < -0.4 is 0 Å². The third-order valence-electron chi connectivity index (χ3n) is 1.60. The van der Waals surface area contributed by atoms with Gasteiger partial charge in [0.05, 0.1) is 14.2 Å². The Balaban J connectivity index is 2.72. The molecule has 80 valence electrons. The maximum absolute atomic E-state index is 11.0. The summed E-state index contributed by atoms with van der Waals surface area (Å²) in [6.45, 7) is 0. The van der Waals surface area contributed by atoms with Crippen molar-refractivity contribution < 1.29 is 23.5 Å². The van der Waals surface area contributed by atoms with Crippen LogP contribution in [0.4, 0.5) is 0 Å². The zero-order chi connectivity index (χ0) is 11.3. The number of furan rings is 1. The summed E-state index contributed by atoms with van der Waals surface area (Å²) < 4.78 is 13.9. The molecule has 0 aromatic carbocycles. The molecule has 1 aromatic rings. The van der Waals surface area contributed by atoms with Gasteiger partial charge in [-0.1, -0.05) is 0 Å². The zero-order valence-electron chi connectivity index (χ0n) is 8.35. The fourth-order valence-electron chi connectivity index (χ4n) is 0.871. The second kappa shape index (κ2) is 4.99. The van der Waals surface area contributed by atoms with Crippen LogP contribution in [0.25, 0.3) is 6.08 Å². The van der Waals surface area contributed by atoms with E-state index in [2.05, 4.69) is 9.47 Å². The third kappa shape index (κ3) is 2.98. The second-order valence-corrected chi connectivity index (χ2v) is 2.55. The lowest BCUT2D eigenvalue weighted by Crippen LogP contribution is -1.98. The minimum absolute atomic E-state index is 0.0852. The van der Waals surface area contributed by atoms with Gasteiger partial charge in [-0.3, -0.25) is 0 Å². The number of hydrogen-bond acceptors (Lipinski definition) is 5. The largest absolute Gasteiger partial charge is 0.466 e. The molecule has 0 saturated carbocycles. The number of hydrogen-bond donors (Lipinski definition) is 0. The molecule has 0 N–H and O–H groups in total. The average molecular weight is 210 g/mol. The number of carbonyl (C=O) groups excluding carboxylic acids is 2. The molecule has 5 nitrogen and oxygen atoms in total. The highest BCUT2D eigenvalue weighted by Crippen LogP contribution is 2.10. The maximum Gasteiger partial charge on any atom is 0.373 e. The van der Waals surface area contributed by atoms with Gasteiger partial charge in [-0.15, -0.1) is 0 Å². The van der Waals surface area contributed by atoms with E-state index in [1.54, 1.807) is 6.07 Å². The van der Waals surface area contributed by atoms with Gasteiger partial charge in [0.15, 0.2) is 0 Å². The Morgan fingerprint density at radius 3 is 2.60 bits per heavy atom. The summed E-state index contributed by atoms with van der Waals surface area (Å²) in [6, 6.07) is 3.01. The molecule has 0 amide bonds. The first-order valence-electron chi connectivity index (χ1n) is 4.11. The number of ether oxygens (including phenoxy) is 2. The number of methoxy groups -OCH3 is 2. The second-order valence-electron chi connectivity index (χ2n) is 2.55. The van der Waals surface area contributed by atoms with E-state index in [9.17, 15) is 9.59 Å². The van der Waals surface area contributed by atoms with Gasteiger partial charge in [0.25, 0.3) is 0 Å². The van der Waals surface area contributed by atoms with Crippen LogP contribution in [0, 0.1) is 0 Å². The van der Waals surface area contributed by atoms with Crippen molar-refractivity contribution in [3.8, 4) is 0 Å². The van der Waals surface area contributed by atoms with Crippen molar-refractivity contribution in [3.63, 3.8) is 0 Å². The fourth-order valence-corrected chi connectivity index (χ4v) is 0.871. The highest BCUT2D eigenvalue weighted by Gasteiger charge is 2.09. The summed E-state index contributed by atoms with van der Waals surface area (Å²) in [5, 5.41) is 0. The summed E-state index contributed by atoms with van der Waals surface area (Å²) in [7, 11) is 2.53. The van der Waals surface area contributed by atoms with E-state index in [1.807, 2.05) is 0 Å². The standard InChI is InChI=1S/C10H10O5/c1-13-9(11)6-4-7-3-5-8(15-7)10(12)14-2/h3-6H,1-2H3/b6-4+. The summed E-state index contributed by atoms with van der Waals surface area (Å²) >= 11 is 0. The Hall–Kier alpha value is -2.04. The van der Waals surface area contributed by atoms with Gasteiger partial charge < -0.3 is 13.9 Å². The first kappa shape index (κ1) is 11.0. The van der Waals surface area contributed by atoms with E-state index < -0.39 is 11.9 Å². The van der Waals surface area contributed by atoms with Gasteiger partial charge in [-0.25, -0.2) is 9.59 Å². The van der Waals surface area contributed by atoms with Crippen LogP contribution in [0.1, 0.15) is 16.3 Å². The SMILES string of the molecule is COC(=O)/C=C/c1ccc(C(=O)OC)o1. The molecule has 1 rings (SSSR count). The summed E-state index contributed by atoms with van der Waals surface area (Å²) in [5.41, 5.74) is 0. The molecule has 0 bridgehead atoms. The van der Waals surface area contributed by atoms with Crippen molar-refractivity contribution in [1.82, 2.24) is 0 Å². The molecule has 0 unspecified atom stereocenters. The Morgan fingerprint density at radius 1 is 1.27 bits per heavy atom. The van der Waals surface area contributed by atoms with E-state index in [-0.39, 0.29) is 5.76 Å². The maximum atomic E-state index is 11.0. The van der Waals surface area contributed by atoms with Gasteiger partial charge >= 0.3 is 11.9 Å². The first-order chi connectivity index (χ1) is 7.17. The van der Waals surface area contributed by atoms with Crippen LogP contribution in [0.5, 0.6) is 0 Å². The lowest BCUT2D eigenvalue weighted by atomic mass is 10.4. The molecule has 0 spiro atoms. The molecule has 0 atom stereocenters. The van der Waals surface area contributed by atoms with Crippen molar-refractivity contribution in [3.05, 3.63) is 29.7 Å². The molecule has 0 aliphatic rings. The lowest BCUT2D eigenvalue weighted by molar-refractivity contribution is -0.134. The minimum atomic E-state index is -0.562. The van der Waals surface area contributed by atoms with E-state index >= 15 is 0 Å². The van der Waals surface area contributed by atoms with Crippen LogP contribution in [-0.2, 0) is 14.3 Å². The van der Waals surface area contributed by atoms with E-state index in [0.29, 0.717) is 5.76 Å². The van der Waals surface area contributed by atoms with E-state index in [4.69, 9.17) is 4.42 Å². The molecular weight excluding hydrogens is 200 g/mol. The molecule has 15 heavy (non-hydrogen) atoms. The summed E-state index contributed by atoms with van der Waals surface area (Å²) in [6.07, 6.45) is 2.60. The van der Waals surface area contributed by atoms with Gasteiger partial charge in [0.1, 0.15) is 5.76 Å². The summed E-state index contributed by atoms with van der Waals surface area (Å²) in [4.78, 5) is 21.7. The normalized spacial score (nSPS) is 10.3. The molecule has 0 radical (unpaired) electrons. The van der Waals surface area contributed by atoms with E-state index in [1.165, 1.54) is 32.4 Å². The molecule has 1 aromatic heterocycles. The molecule has 5 heteroatoms. The van der Waals surface area contributed by atoms with Gasteiger partial charge in [-0.2, -0.15) is 0 Å². The van der Waals surface area contributed by atoms with Crippen LogP contribution >= 0.6 is 0 Å². The molecule has 0 fully saturated rings. The number of carbonyl (C=O) groups is 2. The number of esters is 2. The highest BCUT2D eigenvalue weighted by atomic mass is 16.5. The van der Waals surface area contributed by atoms with Crippen molar-refractivity contribution in [2.45, 2.75) is 0 Å². The Kier molecular flexibility index (Phi) is 3.68. The zero-order valence-corrected chi connectivity index (χ0v) is 8.35. The molecule has 0 saturated heterocycles. The third-order valence-corrected chi connectivity index (χ3v) is 1.60. The van der Waals surface area contributed by atoms with E-state index in [0.717, 1.165) is 0 Å². The highest BCUT2D eigenvalue weighted by molar-refractivity contribution is 5.88. The van der Waals surface area contributed by atoms with Gasteiger partial charge in [-0.05, 0) is 18.2 Å². The number of rotatable bonds is 3. The molecular formula is C10H10O5. The first-order valence-corrected chi connectivity index (χ1v) is 4.11. The fraction of sp³-hybridized carbons (Fsp3) is 0.200. The summed E-state index contributed by atoms with van der Waals surface area (Å²) in [5.74, 6) is -0.596. The predicted octanol–water partition coefficient (Wildman–Crippen LogP) is 1.25. The van der Waals surface area contributed by atoms with Crippen molar-refractivity contribution in [2.24, 2.45) is 0 Å². The van der Waals surface area contributed by atoms with Crippen LogP contribution in [0.2, 0.25) is 0 Å². The monoisotopic (exact) mass is 210 g/mol.